The van der Waals surface area contributed by atoms with Crippen LogP contribution < -0.4 is 5.32 Å². The first-order chi connectivity index (χ1) is 11.0. The number of hydrogen-bond acceptors (Lipinski definition) is 2. The zero-order valence-corrected chi connectivity index (χ0v) is 13.3. The van der Waals surface area contributed by atoms with Crippen molar-refractivity contribution in [3.63, 3.8) is 0 Å². The van der Waals surface area contributed by atoms with Crippen LogP contribution in [-0.2, 0) is 17.8 Å². The van der Waals surface area contributed by atoms with Gasteiger partial charge in [0.25, 0.3) is 0 Å². The summed E-state index contributed by atoms with van der Waals surface area (Å²) in [7, 11) is 1.83. The molecule has 0 radical (unpaired) electrons. The molecule has 2 rings (SSSR count). The van der Waals surface area contributed by atoms with Crippen LogP contribution in [0.15, 0.2) is 42.5 Å². The molecule has 0 fully saturated rings. The van der Waals surface area contributed by atoms with Crippen LogP contribution in [0, 0.1) is 11.6 Å². The minimum atomic E-state index is -0.979. The fraction of sp³-hybridized carbons (Fsp3) is 0.278. The summed E-state index contributed by atoms with van der Waals surface area (Å²) >= 11 is 0. The largest absolute Gasteiger partial charge is 0.325 e. The van der Waals surface area contributed by atoms with Crippen molar-refractivity contribution in [2.24, 2.45) is 0 Å². The van der Waals surface area contributed by atoms with Crippen molar-refractivity contribution < 1.29 is 13.6 Å². The fourth-order valence-corrected chi connectivity index (χ4v) is 2.27. The van der Waals surface area contributed by atoms with Gasteiger partial charge in [0, 0.05) is 18.3 Å². The first-order valence-electron chi connectivity index (χ1n) is 7.49. The molecule has 122 valence electrons. The Kier molecular flexibility index (Phi) is 5.82. The van der Waals surface area contributed by atoms with Crippen molar-refractivity contribution in [2.75, 3.05) is 18.9 Å². The van der Waals surface area contributed by atoms with Gasteiger partial charge in [-0.1, -0.05) is 31.2 Å². The maximum Gasteiger partial charge on any atom is 0.238 e. The Balaban J connectivity index is 1.87. The molecule has 2 aromatic rings. The number of amides is 1. The molecule has 0 saturated carbocycles. The number of rotatable bonds is 6. The van der Waals surface area contributed by atoms with E-state index in [4.69, 9.17) is 0 Å². The number of nitrogens with zero attached hydrogens (tertiary/aromatic N) is 1. The van der Waals surface area contributed by atoms with Crippen LogP contribution in [0.1, 0.15) is 18.1 Å². The van der Waals surface area contributed by atoms with E-state index in [1.807, 2.05) is 24.1 Å². The normalized spacial score (nSPS) is 10.8. The van der Waals surface area contributed by atoms with Crippen molar-refractivity contribution in [2.45, 2.75) is 19.9 Å². The molecule has 0 aliphatic carbocycles. The van der Waals surface area contributed by atoms with Crippen LogP contribution in [0.25, 0.3) is 0 Å². The average molecular weight is 318 g/mol. The van der Waals surface area contributed by atoms with E-state index >= 15 is 0 Å². The third kappa shape index (κ3) is 5.14. The highest BCUT2D eigenvalue weighted by Crippen LogP contribution is 2.13. The van der Waals surface area contributed by atoms with Crippen LogP contribution in [0.4, 0.5) is 14.5 Å². The van der Waals surface area contributed by atoms with Gasteiger partial charge >= 0.3 is 0 Å². The summed E-state index contributed by atoms with van der Waals surface area (Å²) in [4.78, 5) is 13.8. The SMILES string of the molecule is CCc1ccc(CN(C)CC(=O)Nc2ccc(F)c(F)c2)cc1. The number of carbonyl (C=O) groups excluding carboxylic acids is 1. The summed E-state index contributed by atoms with van der Waals surface area (Å²) in [5.74, 6) is -2.19. The third-order valence-corrected chi connectivity index (χ3v) is 3.50. The number of benzene rings is 2. The number of hydrogen-bond donors (Lipinski definition) is 1. The lowest BCUT2D eigenvalue weighted by Gasteiger charge is -2.16. The molecule has 0 saturated heterocycles. The predicted octanol–water partition coefficient (Wildman–Crippen LogP) is 3.60. The quantitative estimate of drug-likeness (QED) is 0.882. The van der Waals surface area contributed by atoms with Gasteiger partial charge in [-0.25, -0.2) is 8.78 Å². The van der Waals surface area contributed by atoms with Gasteiger partial charge in [-0.05, 0) is 36.7 Å². The predicted molar refractivity (Wildman–Crippen MR) is 87.1 cm³/mol. The molecule has 23 heavy (non-hydrogen) atoms. The second-order valence-electron chi connectivity index (χ2n) is 5.52. The van der Waals surface area contributed by atoms with E-state index in [-0.39, 0.29) is 18.1 Å². The summed E-state index contributed by atoms with van der Waals surface area (Å²) in [6.45, 7) is 2.90. The third-order valence-electron chi connectivity index (χ3n) is 3.50. The van der Waals surface area contributed by atoms with Gasteiger partial charge in [-0.3, -0.25) is 9.69 Å². The summed E-state index contributed by atoms with van der Waals surface area (Å²) in [5, 5.41) is 2.56. The molecule has 0 aliphatic rings. The Morgan fingerprint density at radius 2 is 1.70 bits per heavy atom. The lowest BCUT2D eigenvalue weighted by atomic mass is 10.1. The molecule has 0 heterocycles. The minimum absolute atomic E-state index is 0.161. The molecule has 2 aromatic carbocycles. The average Bonchev–Trinajstić information content (AvgIpc) is 2.51. The lowest BCUT2D eigenvalue weighted by molar-refractivity contribution is -0.117. The smallest absolute Gasteiger partial charge is 0.238 e. The Morgan fingerprint density at radius 1 is 1.04 bits per heavy atom. The highest BCUT2D eigenvalue weighted by Gasteiger charge is 2.09. The highest BCUT2D eigenvalue weighted by molar-refractivity contribution is 5.92. The van der Waals surface area contributed by atoms with Crippen molar-refractivity contribution in [3.05, 3.63) is 65.2 Å². The van der Waals surface area contributed by atoms with E-state index in [0.29, 0.717) is 6.54 Å². The Bertz CT molecular complexity index is 671. The maximum absolute atomic E-state index is 13.1. The number of likely N-dealkylation sites (N-methyl/N-ethyl adjacent to an activating group) is 1. The number of carbonyl (C=O) groups is 1. The Hall–Kier alpha value is -2.27. The van der Waals surface area contributed by atoms with Crippen LogP contribution >= 0.6 is 0 Å². The first-order valence-corrected chi connectivity index (χ1v) is 7.49. The summed E-state index contributed by atoms with van der Waals surface area (Å²) in [5.41, 5.74) is 2.63. The molecular formula is C18H20F2N2O. The number of anilines is 1. The maximum atomic E-state index is 13.1. The van der Waals surface area contributed by atoms with E-state index in [9.17, 15) is 13.6 Å². The lowest BCUT2D eigenvalue weighted by Crippen LogP contribution is -2.29. The van der Waals surface area contributed by atoms with Gasteiger partial charge < -0.3 is 5.32 Å². The van der Waals surface area contributed by atoms with E-state index < -0.39 is 11.6 Å². The number of nitrogens with one attached hydrogen (secondary N) is 1. The van der Waals surface area contributed by atoms with E-state index in [2.05, 4.69) is 24.4 Å². The monoisotopic (exact) mass is 318 g/mol. The van der Waals surface area contributed by atoms with Crippen LogP contribution in [0.5, 0.6) is 0 Å². The Labute approximate surface area is 134 Å². The van der Waals surface area contributed by atoms with E-state index in [1.54, 1.807) is 0 Å². The van der Waals surface area contributed by atoms with Crippen molar-refractivity contribution >= 4 is 11.6 Å². The van der Waals surface area contributed by atoms with E-state index in [0.717, 1.165) is 24.1 Å². The van der Waals surface area contributed by atoms with E-state index in [1.165, 1.54) is 11.6 Å². The molecule has 0 bridgehead atoms. The van der Waals surface area contributed by atoms with Crippen molar-refractivity contribution in [1.82, 2.24) is 4.90 Å². The molecule has 0 atom stereocenters. The molecule has 3 nitrogen and oxygen atoms in total. The van der Waals surface area contributed by atoms with Crippen LogP contribution in [0.3, 0.4) is 0 Å². The molecule has 5 heteroatoms. The molecule has 0 aromatic heterocycles. The molecule has 1 N–H and O–H groups in total. The highest BCUT2D eigenvalue weighted by atomic mass is 19.2. The van der Waals surface area contributed by atoms with Gasteiger partial charge in [-0.2, -0.15) is 0 Å². The zero-order valence-electron chi connectivity index (χ0n) is 13.3. The van der Waals surface area contributed by atoms with Gasteiger partial charge in [0.05, 0.1) is 6.54 Å². The second kappa shape index (κ2) is 7.83. The molecule has 0 spiro atoms. The first kappa shape index (κ1) is 17.1. The minimum Gasteiger partial charge on any atom is -0.325 e. The summed E-state index contributed by atoms with van der Waals surface area (Å²) in [6.07, 6.45) is 0.993. The van der Waals surface area contributed by atoms with Gasteiger partial charge in [0.15, 0.2) is 11.6 Å². The van der Waals surface area contributed by atoms with Crippen LogP contribution in [0.2, 0.25) is 0 Å². The standard InChI is InChI=1S/C18H20F2N2O/c1-3-13-4-6-14(7-5-13)11-22(2)12-18(23)21-15-8-9-16(19)17(20)10-15/h4-10H,3,11-12H2,1-2H3,(H,21,23). The second-order valence-corrected chi connectivity index (χ2v) is 5.52. The molecule has 1 amide bonds. The zero-order chi connectivity index (χ0) is 16.8. The van der Waals surface area contributed by atoms with Crippen LogP contribution in [-0.4, -0.2) is 24.4 Å². The topological polar surface area (TPSA) is 32.3 Å². The van der Waals surface area contributed by atoms with Gasteiger partial charge in [0.1, 0.15) is 0 Å². The number of aryl methyl sites for hydroxylation is 1. The van der Waals surface area contributed by atoms with Crippen molar-refractivity contribution in [3.8, 4) is 0 Å². The molecule has 0 unspecified atom stereocenters. The van der Waals surface area contributed by atoms with Gasteiger partial charge in [0.2, 0.25) is 5.91 Å². The summed E-state index contributed by atoms with van der Waals surface area (Å²) < 4.78 is 26.0. The molecular weight excluding hydrogens is 298 g/mol. The Morgan fingerprint density at radius 3 is 2.30 bits per heavy atom. The van der Waals surface area contributed by atoms with Crippen molar-refractivity contribution in [1.29, 1.82) is 0 Å². The molecule has 0 aliphatic heterocycles. The number of halogens is 2. The summed E-state index contributed by atoms with van der Waals surface area (Å²) in [6, 6.07) is 11.5. The van der Waals surface area contributed by atoms with Gasteiger partial charge in [-0.15, -0.1) is 0 Å². The fourth-order valence-electron chi connectivity index (χ4n) is 2.27.